The fraction of sp³-hybridized carbons (Fsp3) is 0.571. The molecule has 0 atom stereocenters. The summed E-state index contributed by atoms with van der Waals surface area (Å²) in [6, 6.07) is 2.74. The van der Waals surface area contributed by atoms with E-state index in [-0.39, 0.29) is 5.54 Å². The molecule has 1 heterocycles. The van der Waals surface area contributed by atoms with Crippen molar-refractivity contribution in [3.63, 3.8) is 0 Å². The Kier molecular flexibility index (Phi) is 4.07. The van der Waals surface area contributed by atoms with Gasteiger partial charge in [0.05, 0.1) is 5.56 Å². The van der Waals surface area contributed by atoms with Crippen molar-refractivity contribution in [3.05, 3.63) is 35.1 Å². The quantitative estimate of drug-likeness (QED) is 0.842. The molecule has 6 heteroatoms. The number of piperazine rings is 1. The van der Waals surface area contributed by atoms with Gasteiger partial charge >= 0.3 is 6.18 Å². The molecule has 0 amide bonds. The van der Waals surface area contributed by atoms with Crippen LogP contribution >= 0.6 is 0 Å². The number of nitrogens with zero attached hydrogens (tertiary/aromatic N) is 1. The molecule has 1 aliphatic heterocycles. The standard InChI is InChI=1S/C14H18F4N2/c1-13(2)9-19-3-4-20(13)8-10-5-11(14(16,17)18)7-12(15)6-10/h5-7,19H,3-4,8-9H2,1-2H3. The predicted octanol–water partition coefficient (Wildman–Crippen LogP) is 3.03. The van der Waals surface area contributed by atoms with Crippen molar-refractivity contribution >= 4 is 0 Å². The lowest BCUT2D eigenvalue weighted by Crippen LogP contribution is -2.57. The van der Waals surface area contributed by atoms with E-state index < -0.39 is 17.6 Å². The Balaban J connectivity index is 2.23. The molecule has 1 fully saturated rings. The highest BCUT2D eigenvalue weighted by Crippen LogP contribution is 2.31. The molecule has 112 valence electrons. The predicted molar refractivity (Wildman–Crippen MR) is 68.8 cm³/mol. The molecule has 0 spiro atoms. The molecule has 2 rings (SSSR count). The molecular formula is C14H18F4N2. The molecule has 0 saturated carbocycles. The highest BCUT2D eigenvalue weighted by Gasteiger charge is 2.33. The van der Waals surface area contributed by atoms with Crippen LogP contribution in [-0.4, -0.2) is 30.1 Å². The second-order valence-electron chi connectivity index (χ2n) is 5.76. The Morgan fingerprint density at radius 3 is 2.55 bits per heavy atom. The van der Waals surface area contributed by atoms with Gasteiger partial charge in [-0.1, -0.05) is 0 Å². The normalized spacial score (nSPS) is 20.1. The molecule has 1 aromatic carbocycles. The van der Waals surface area contributed by atoms with Crippen LogP contribution in [0.5, 0.6) is 0 Å². The average molecular weight is 290 g/mol. The first-order valence-electron chi connectivity index (χ1n) is 6.51. The number of benzene rings is 1. The highest BCUT2D eigenvalue weighted by atomic mass is 19.4. The Labute approximate surface area is 115 Å². The summed E-state index contributed by atoms with van der Waals surface area (Å²) < 4.78 is 51.4. The zero-order valence-corrected chi connectivity index (χ0v) is 11.5. The second kappa shape index (κ2) is 5.33. The van der Waals surface area contributed by atoms with Crippen LogP contribution in [0.3, 0.4) is 0 Å². The Bertz CT molecular complexity index is 483. The van der Waals surface area contributed by atoms with E-state index >= 15 is 0 Å². The number of alkyl halides is 3. The van der Waals surface area contributed by atoms with Gasteiger partial charge in [0.1, 0.15) is 5.82 Å². The van der Waals surface area contributed by atoms with Gasteiger partial charge in [-0.2, -0.15) is 13.2 Å². The van der Waals surface area contributed by atoms with Crippen LogP contribution in [-0.2, 0) is 12.7 Å². The highest BCUT2D eigenvalue weighted by molar-refractivity contribution is 5.27. The van der Waals surface area contributed by atoms with Gasteiger partial charge in [-0.25, -0.2) is 4.39 Å². The fourth-order valence-corrected chi connectivity index (χ4v) is 2.44. The summed E-state index contributed by atoms with van der Waals surface area (Å²) in [5, 5.41) is 3.24. The lowest BCUT2D eigenvalue weighted by Gasteiger charge is -2.43. The molecule has 0 aromatic heterocycles. The van der Waals surface area contributed by atoms with E-state index in [1.165, 1.54) is 6.07 Å². The minimum Gasteiger partial charge on any atom is -0.314 e. The van der Waals surface area contributed by atoms with Crippen LogP contribution in [0.1, 0.15) is 25.0 Å². The molecule has 1 aromatic rings. The number of hydrogen-bond donors (Lipinski definition) is 1. The monoisotopic (exact) mass is 290 g/mol. The van der Waals surface area contributed by atoms with Crippen LogP contribution in [0.15, 0.2) is 18.2 Å². The lowest BCUT2D eigenvalue weighted by molar-refractivity contribution is -0.137. The number of rotatable bonds is 2. The van der Waals surface area contributed by atoms with Gasteiger partial charge in [-0.15, -0.1) is 0 Å². The summed E-state index contributed by atoms with van der Waals surface area (Å²) >= 11 is 0. The van der Waals surface area contributed by atoms with Crippen molar-refractivity contribution in [2.45, 2.75) is 32.1 Å². The van der Waals surface area contributed by atoms with Gasteiger partial charge in [-0.3, -0.25) is 4.90 Å². The molecule has 1 N–H and O–H groups in total. The van der Waals surface area contributed by atoms with Gasteiger partial charge < -0.3 is 5.32 Å². The second-order valence-corrected chi connectivity index (χ2v) is 5.76. The maximum Gasteiger partial charge on any atom is 0.416 e. The summed E-state index contributed by atoms with van der Waals surface area (Å²) in [4.78, 5) is 2.07. The summed E-state index contributed by atoms with van der Waals surface area (Å²) in [6.45, 7) is 6.62. The van der Waals surface area contributed by atoms with Gasteiger partial charge in [0.15, 0.2) is 0 Å². The van der Waals surface area contributed by atoms with E-state index in [4.69, 9.17) is 0 Å². The van der Waals surface area contributed by atoms with Crippen LogP contribution in [0.4, 0.5) is 17.6 Å². The van der Waals surface area contributed by atoms with Crippen molar-refractivity contribution < 1.29 is 17.6 Å². The SMILES string of the molecule is CC1(C)CNCCN1Cc1cc(F)cc(C(F)(F)F)c1. The van der Waals surface area contributed by atoms with E-state index in [9.17, 15) is 17.6 Å². The number of halogens is 4. The van der Waals surface area contributed by atoms with Gasteiger partial charge in [-0.05, 0) is 37.6 Å². The van der Waals surface area contributed by atoms with Crippen molar-refractivity contribution in [2.24, 2.45) is 0 Å². The Morgan fingerprint density at radius 2 is 1.95 bits per heavy atom. The molecule has 2 nitrogen and oxygen atoms in total. The lowest BCUT2D eigenvalue weighted by atomic mass is 9.98. The minimum absolute atomic E-state index is 0.164. The van der Waals surface area contributed by atoms with Crippen molar-refractivity contribution in [3.8, 4) is 0 Å². The first-order valence-corrected chi connectivity index (χ1v) is 6.51. The van der Waals surface area contributed by atoms with E-state index in [1.54, 1.807) is 0 Å². The van der Waals surface area contributed by atoms with E-state index in [1.807, 2.05) is 13.8 Å². The number of hydrogen-bond acceptors (Lipinski definition) is 2. The van der Waals surface area contributed by atoms with Crippen molar-refractivity contribution in [1.82, 2.24) is 10.2 Å². The van der Waals surface area contributed by atoms with E-state index in [0.29, 0.717) is 18.2 Å². The topological polar surface area (TPSA) is 15.3 Å². The van der Waals surface area contributed by atoms with Crippen LogP contribution < -0.4 is 5.32 Å². The summed E-state index contributed by atoms with van der Waals surface area (Å²) in [5.74, 6) is -0.845. The van der Waals surface area contributed by atoms with Gasteiger partial charge in [0.25, 0.3) is 0 Å². The van der Waals surface area contributed by atoms with Crippen molar-refractivity contribution in [2.75, 3.05) is 19.6 Å². The summed E-state index contributed by atoms with van der Waals surface area (Å²) in [7, 11) is 0. The largest absolute Gasteiger partial charge is 0.416 e. The summed E-state index contributed by atoms with van der Waals surface area (Å²) in [5.41, 5.74) is -0.740. The first-order chi connectivity index (χ1) is 9.18. The average Bonchev–Trinajstić information content (AvgIpc) is 2.30. The third-order valence-corrected chi connectivity index (χ3v) is 3.63. The fourth-order valence-electron chi connectivity index (χ4n) is 2.44. The molecule has 20 heavy (non-hydrogen) atoms. The first kappa shape index (κ1) is 15.3. The molecule has 0 aliphatic carbocycles. The van der Waals surface area contributed by atoms with Gasteiger partial charge in [0.2, 0.25) is 0 Å². The maximum atomic E-state index is 13.4. The van der Waals surface area contributed by atoms with E-state index in [0.717, 1.165) is 25.7 Å². The Morgan fingerprint density at radius 1 is 1.25 bits per heavy atom. The van der Waals surface area contributed by atoms with E-state index in [2.05, 4.69) is 10.2 Å². The Hall–Kier alpha value is -1.14. The molecule has 1 saturated heterocycles. The maximum absolute atomic E-state index is 13.4. The summed E-state index contributed by atoms with van der Waals surface area (Å²) in [6.07, 6.45) is -4.52. The molecular weight excluding hydrogens is 272 g/mol. The zero-order valence-electron chi connectivity index (χ0n) is 11.5. The van der Waals surface area contributed by atoms with Crippen LogP contribution in [0.2, 0.25) is 0 Å². The molecule has 1 aliphatic rings. The third kappa shape index (κ3) is 3.49. The molecule has 0 radical (unpaired) electrons. The molecule has 0 unspecified atom stereocenters. The van der Waals surface area contributed by atoms with Crippen molar-refractivity contribution in [1.29, 1.82) is 0 Å². The third-order valence-electron chi connectivity index (χ3n) is 3.63. The minimum atomic E-state index is -4.52. The van der Waals surface area contributed by atoms with Gasteiger partial charge in [0, 0.05) is 31.7 Å². The van der Waals surface area contributed by atoms with Crippen LogP contribution in [0.25, 0.3) is 0 Å². The smallest absolute Gasteiger partial charge is 0.314 e. The van der Waals surface area contributed by atoms with Crippen LogP contribution in [0, 0.1) is 5.82 Å². The number of nitrogens with one attached hydrogen (secondary N) is 1. The molecule has 0 bridgehead atoms. The zero-order chi connectivity index (χ0) is 15.0.